The second-order valence-corrected chi connectivity index (χ2v) is 9.70. The molecule has 2 heterocycles. The Morgan fingerprint density at radius 3 is 2.67 bits per heavy atom. The Balaban J connectivity index is 1.33. The minimum Gasteiger partial charge on any atom is -0.371 e. The summed E-state index contributed by atoms with van der Waals surface area (Å²) in [6.07, 6.45) is 11.7. The Kier molecular flexibility index (Phi) is 7.80. The van der Waals surface area contributed by atoms with Gasteiger partial charge in [-0.3, -0.25) is 4.99 Å². The number of aliphatic imine (C=N–C) groups is 1. The van der Waals surface area contributed by atoms with Crippen molar-refractivity contribution in [3.8, 4) is 0 Å². The normalized spacial score (nSPS) is 26.4. The summed E-state index contributed by atoms with van der Waals surface area (Å²) in [4.78, 5) is 9.88. The number of hydrogen-bond donors (Lipinski definition) is 1. The molecule has 0 spiro atoms. The van der Waals surface area contributed by atoms with E-state index in [-0.39, 0.29) is 0 Å². The average molecular weight is 393 g/mol. The zero-order valence-corrected chi connectivity index (χ0v) is 18.6. The molecule has 0 aromatic carbocycles. The minimum absolute atomic E-state index is 0.512. The molecule has 0 aromatic heterocycles. The summed E-state index contributed by atoms with van der Waals surface area (Å²) in [6.45, 7) is 11.3. The molecule has 154 valence electrons. The lowest BCUT2D eigenvalue weighted by Crippen LogP contribution is -2.34. The first-order valence-electron chi connectivity index (χ1n) is 11.4. The molecule has 1 aliphatic carbocycles. The lowest BCUT2D eigenvalue weighted by Gasteiger charge is -2.24. The van der Waals surface area contributed by atoms with Gasteiger partial charge in [-0.25, -0.2) is 0 Å². The summed E-state index contributed by atoms with van der Waals surface area (Å²) >= 11 is 5.77. The maximum atomic E-state index is 5.77. The fourth-order valence-electron chi connectivity index (χ4n) is 4.85. The van der Waals surface area contributed by atoms with E-state index in [0.29, 0.717) is 12.1 Å². The van der Waals surface area contributed by atoms with Crippen molar-refractivity contribution in [3.05, 3.63) is 0 Å². The van der Waals surface area contributed by atoms with Crippen molar-refractivity contribution in [2.24, 2.45) is 16.8 Å². The number of thiocarbonyl (C=S) groups is 1. The van der Waals surface area contributed by atoms with Crippen LogP contribution in [0.1, 0.15) is 78.6 Å². The predicted molar refractivity (Wildman–Crippen MR) is 119 cm³/mol. The Morgan fingerprint density at radius 2 is 1.93 bits per heavy atom. The lowest BCUT2D eigenvalue weighted by molar-refractivity contribution is 0.346. The van der Waals surface area contributed by atoms with Gasteiger partial charge in [0.25, 0.3) is 0 Å². The van der Waals surface area contributed by atoms with E-state index >= 15 is 0 Å². The molecule has 2 aliphatic heterocycles. The fourth-order valence-corrected chi connectivity index (χ4v) is 5.28. The highest BCUT2D eigenvalue weighted by atomic mass is 32.1. The third kappa shape index (κ3) is 5.82. The van der Waals surface area contributed by atoms with E-state index in [0.717, 1.165) is 43.1 Å². The van der Waals surface area contributed by atoms with E-state index in [1.54, 1.807) is 0 Å². The van der Waals surface area contributed by atoms with Crippen molar-refractivity contribution in [1.29, 1.82) is 0 Å². The molecule has 0 bridgehead atoms. The quantitative estimate of drug-likeness (QED) is 0.440. The molecule has 0 aromatic rings. The van der Waals surface area contributed by atoms with E-state index in [2.05, 4.69) is 35.9 Å². The summed E-state index contributed by atoms with van der Waals surface area (Å²) in [5.41, 5.74) is 0. The molecule has 1 saturated carbocycles. The van der Waals surface area contributed by atoms with Crippen LogP contribution in [0.5, 0.6) is 0 Å². The molecule has 5 heteroatoms. The van der Waals surface area contributed by atoms with Crippen LogP contribution in [-0.2, 0) is 0 Å². The Bertz CT molecular complexity index is 512. The van der Waals surface area contributed by atoms with Crippen LogP contribution in [0.2, 0.25) is 0 Å². The maximum absolute atomic E-state index is 5.77. The minimum atomic E-state index is 0.512. The van der Waals surface area contributed by atoms with Gasteiger partial charge < -0.3 is 15.1 Å². The van der Waals surface area contributed by atoms with Gasteiger partial charge in [0.2, 0.25) is 0 Å². The number of unbranched alkanes of at least 4 members (excludes halogenated alkanes) is 1. The van der Waals surface area contributed by atoms with Crippen molar-refractivity contribution in [1.82, 2.24) is 15.1 Å². The maximum Gasteiger partial charge on any atom is 0.171 e. The number of nitrogens with zero attached hydrogens (tertiary/aromatic N) is 3. The van der Waals surface area contributed by atoms with Gasteiger partial charge in [-0.15, -0.1) is 0 Å². The molecular formula is C22H40N4S. The first-order chi connectivity index (χ1) is 13.0. The molecule has 3 aliphatic rings. The van der Waals surface area contributed by atoms with E-state index in [4.69, 9.17) is 17.2 Å². The summed E-state index contributed by atoms with van der Waals surface area (Å²) < 4.78 is 0. The first-order valence-corrected chi connectivity index (χ1v) is 11.8. The van der Waals surface area contributed by atoms with Gasteiger partial charge in [0, 0.05) is 38.1 Å². The number of hydrogen-bond acceptors (Lipinski definition) is 3. The highest BCUT2D eigenvalue weighted by Crippen LogP contribution is 2.27. The molecule has 0 unspecified atom stereocenters. The summed E-state index contributed by atoms with van der Waals surface area (Å²) in [6, 6.07) is 1.08. The van der Waals surface area contributed by atoms with Crippen LogP contribution in [0.25, 0.3) is 0 Å². The number of rotatable bonds is 10. The van der Waals surface area contributed by atoms with Gasteiger partial charge in [0.15, 0.2) is 5.11 Å². The van der Waals surface area contributed by atoms with Crippen LogP contribution in [0, 0.1) is 11.8 Å². The van der Waals surface area contributed by atoms with E-state index < -0.39 is 0 Å². The first kappa shape index (κ1) is 20.9. The average Bonchev–Trinajstić information content (AvgIpc) is 3.35. The van der Waals surface area contributed by atoms with Crippen LogP contribution in [0.3, 0.4) is 0 Å². The predicted octanol–water partition coefficient (Wildman–Crippen LogP) is 4.44. The third-order valence-electron chi connectivity index (χ3n) is 6.51. The molecule has 4 nitrogen and oxygen atoms in total. The van der Waals surface area contributed by atoms with Gasteiger partial charge in [0.05, 0.1) is 11.9 Å². The molecule has 1 saturated heterocycles. The van der Waals surface area contributed by atoms with Crippen LogP contribution < -0.4 is 5.32 Å². The largest absolute Gasteiger partial charge is 0.371 e. The third-order valence-corrected chi connectivity index (χ3v) is 7.00. The standard InChI is InChI=1S/C22H40N4S/c1-17(2)9-8-14-26-18(3)16-25(22(26)27)13-7-6-12-20-15-23-21(24-20)19-10-4-5-11-19/h17-20H,4-16H2,1-3H3,(H,23,24)/t18-,20+/m1/s1. The van der Waals surface area contributed by atoms with Crippen molar-refractivity contribution in [2.45, 2.75) is 90.6 Å². The Morgan fingerprint density at radius 1 is 1.15 bits per heavy atom. The van der Waals surface area contributed by atoms with E-state index in [1.165, 1.54) is 63.6 Å². The molecule has 2 fully saturated rings. The highest BCUT2D eigenvalue weighted by Gasteiger charge is 2.30. The molecule has 0 radical (unpaired) electrons. The molecular weight excluding hydrogens is 352 g/mol. The summed E-state index contributed by atoms with van der Waals surface area (Å²) in [5, 5.41) is 4.68. The van der Waals surface area contributed by atoms with Crippen molar-refractivity contribution in [3.63, 3.8) is 0 Å². The van der Waals surface area contributed by atoms with Gasteiger partial charge in [-0.05, 0) is 70.0 Å². The number of nitrogens with one attached hydrogen (secondary N) is 1. The van der Waals surface area contributed by atoms with Crippen LogP contribution in [0.15, 0.2) is 4.99 Å². The van der Waals surface area contributed by atoms with Crippen molar-refractivity contribution < 1.29 is 0 Å². The zero-order chi connectivity index (χ0) is 19.2. The van der Waals surface area contributed by atoms with E-state index in [9.17, 15) is 0 Å². The lowest BCUT2D eigenvalue weighted by atomic mass is 10.1. The van der Waals surface area contributed by atoms with Gasteiger partial charge in [-0.2, -0.15) is 0 Å². The number of amidine groups is 1. The fraction of sp³-hybridized carbons (Fsp3) is 0.909. The second-order valence-electron chi connectivity index (χ2n) is 9.33. The zero-order valence-electron chi connectivity index (χ0n) is 17.8. The summed E-state index contributed by atoms with van der Waals surface area (Å²) in [5.74, 6) is 2.85. The molecule has 2 atom stereocenters. The Labute approximate surface area is 172 Å². The topological polar surface area (TPSA) is 30.9 Å². The van der Waals surface area contributed by atoms with Crippen LogP contribution in [0.4, 0.5) is 0 Å². The van der Waals surface area contributed by atoms with Crippen LogP contribution in [-0.4, -0.2) is 59.0 Å². The van der Waals surface area contributed by atoms with Crippen LogP contribution >= 0.6 is 12.2 Å². The van der Waals surface area contributed by atoms with Crippen molar-refractivity contribution >= 4 is 23.2 Å². The SMILES string of the molecule is CC(C)CCCN1C(=S)N(CCCC[C@H]2CNC(C3CCCC3)=N2)C[C@H]1C. The van der Waals surface area contributed by atoms with Gasteiger partial charge in [0.1, 0.15) is 0 Å². The summed E-state index contributed by atoms with van der Waals surface area (Å²) in [7, 11) is 0. The smallest absolute Gasteiger partial charge is 0.171 e. The molecule has 0 amide bonds. The van der Waals surface area contributed by atoms with E-state index in [1.807, 2.05) is 0 Å². The monoisotopic (exact) mass is 392 g/mol. The molecule has 27 heavy (non-hydrogen) atoms. The Hall–Kier alpha value is -0.840. The van der Waals surface area contributed by atoms with Crippen molar-refractivity contribution in [2.75, 3.05) is 26.2 Å². The van der Waals surface area contributed by atoms with Gasteiger partial charge >= 0.3 is 0 Å². The second kappa shape index (κ2) is 10.1. The van der Waals surface area contributed by atoms with Gasteiger partial charge in [-0.1, -0.05) is 26.7 Å². The molecule has 3 rings (SSSR count). The highest BCUT2D eigenvalue weighted by molar-refractivity contribution is 7.80. The molecule has 1 N–H and O–H groups in total.